The number of benzene rings is 2. The third-order valence-corrected chi connectivity index (χ3v) is 3.89. The Hall–Kier alpha value is -2.49. The fourth-order valence-electron chi connectivity index (χ4n) is 2.57. The summed E-state index contributed by atoms with van der Waals surface area (Å²) in [7, 11) is 3.42. The van der Waals surface area contributed by atoms with Gasteiger partial charge in [-0.2, -0.15) is 0 Å². The minimum atomic E-state index is -0.494. The molecule has 0 saturated heterocycles. The quantitative estimate of drug-likeness (QED) is 0.776. The lowest BCUT2D eigenvalue weighted by Gasteiger charge is -2.24. The van der Waals surface area contributed by atoms with Gasteiger partial charge in [0.05, 0.1) is 7.11 Å². The maximum atomic E-state index is 12.7. The van der Waals surface area contributed by atoms with Crippen LogP contribution in [-0.2, 0) is 11.3 Å². The van der Waals surface area contributed by atoms with Gasteiger partial charge in [-0.05, 0) is 37.1 Å². The molecule has 4 nitrogen and oxygen atoms in total. The van der Waals surface area contributed by atoms with E-state index in [1.807, 2.05) is 62.4 Å². The number of carbonyl (C=O) groups excluding carboxylic acids is 1. The van der Waals surface area contributed by atoms with E-state index in [9.17, 15) is 4.79 Å². The standard InChI is InChI=1S/C20H25NO3/c1-5-18(24-17-11-8-9-15(2)13-17)20(22)21(3)14-16-10-6-7-12-19(16)23-4/h6-13,18H,5,14H2,1-4H3/t18-/m0/s1. The van der Waals surface area contributed by atoms with Gasteiger partial charge < -0.3 is 14.4 Å². The molecule has 0 aliphatic heterocycles. The number of aryl methyl sites for hydroxylation is 1. The average Bonchev–Trinajstić information content (AvgIpc) is 2.59. The van der Waals surface area contributed by atoms with Gasteiger partial charge in [0.15, 0.2) is 6.10 Å². The molecule has 1 atom stereocenters. The van der Waals surface area contributed by atoms with Crippen LogP contribution in [0.5, 0.6) is 11.5 Å². The highest BCUT2D eigenvalue weighted by molar-refractivity contribution is 5.81. The van der Waals surface area contributed by atoms with E-state index in [4.69, 9.17) is 9.47 Å². The van der Waals surface area contributed by atoms with E-state index in [0.717, 1.165) is 22.6 Å². The van der Waals surface area contributed by atoms with Crippen LogP contribution in [0.1, 0.15) is 24.5 Å². The number of para-hydroxylation sites is 1. The normalized spacial score (nSPS) is 11.7. The number of methoxy groups -OCH3 is 1. The van der Waals surface area contributed by atoms with Gasteiger partial charge in [0.2, 0.25) is 0 Å². The minimum Gasteiger partial charge on any atom is -0.496 e. The van der Waals surface area contributed by atoms with Crippen LogP contribution in [0.4, 0.5) is 0 Å². The maximum absolute atomic E-state index is 12.7. The zero-order valence-corrected chi connectivity index (χ0v) is 14.8. The first kappa shape index (κ1) is 17.9. The predicted molar refractivity (Wildman–Crippen MR) is 95.4 cm³/mol. The zero-order valence-electron chi connectivity index (χ0n) is 14.8. The number of hydrogen-bond acceptors (Lipinski definition) is 3. The number of rotatable bonds is 7. The molecular formula is C20H25NO3. The Bertz CT molecular complexity index is 684. The van der Waals surface area contributed by atoms with Crippen molar-refractivity contribution in [3.63, 3.8) is 0 Å². The van der Waals surface area contributed by atoms with E-state index < -0.39 is 6.10 Å². The molecule has 24 heavy (non-hydrogen) atoms. The minimum absolute atomic E-state index is 0.0371. The zero-order chi connectivity index (χ0) is 17.5. The molecule has 0 unspecified atom stereocenters. The lowest BCUT2D eigenvalue weighted by Crippen LogP contribution is -2.39. The molecule has 0 aliphatic carbocycles. The van der Waals surface area contributed by atoms with Crippen LogP contribution in [0.25, 0.3) is 0 Å². The van der Waals surface area contributed by atoms with Crippen LogP contribution in [0.3, 0.4) is 0 Å². The van der Waals surface area contributed by atoms with Crippen molar-refractivity contribution in [3.8, 4) is 11.5 Å². The van der Waals surface area contributed by atoms with Gasteiger partial charge in [0.25, 0.3) is 5.91 Å². The number of ether oxygens (including phenoxy) is 2. The largest absolute Gasteiger partial charge is 0.496 e. The highest BCUT2D eigenvalue weighted by Crippen LogP contribution is 2.20. The molecule has 0 spiro atoms. The molecule has 0 radical (unpaired) electrons. The Labute approximate surface area is 144 Å². The lowest BCUT2D eigenvalue weighted by atomic mass is 10.1. The topological polar surface area (TPSA) is 38.8 Å². The van der Waals surface area contributed by atoms with Gasteiger partial charge in [-0.15, -0.1) is 0 Å². The van der Waals surface area contributed by atoms with E-state index in [1.165, 1.54) is 0 Å². The second-order valence-corrected chi connectivity index (χ2v) is 5.84. The van der Waals surface area contributed by atoms with Crippen LogP contribution in [0.2, 0.25) is 0 Å². The molecule has 0 fully saturated rings. The molecule has 0 saturated carbocycles. The average molecular weight is 327 g/mol. The summed E-state index contributed by atoms with van der Waals surface area (Å²) < 4.78 is 11.3. The van der Waals surface area contributed by atoms with Crippen molar-refractivity contribution in [2.24, 2.45) is 0 Å². The number of nitrogens with zero attached hydrogens (tertiary/aromatic N) is 1. The van der Waals surface area contributed by atoms with Crippen molar-refractivity contribution in [1.29, 1.82) is 0 Å². The number of likely N-dealkylation sites (N-methyl/N-ethyl adjacent to an activating group) is 1. The van der Waals surface area contributed by atoms with Crippen LogP contribution in [0.15, 0.2) is 48.5 Å². The Kier molecular flexibility index (Phi) is 6.24. The number of hydrogen-bond donors (Lipinski definition) is 0. The van der Waals surface area contributed by atoms with Gasteiger partial charge in [-0.25, -0.2) is 0 Å². The molecule has 1 amide bonds. The fourth-order valence-corrected chi connectivity index (χ4v) is 2.57. The molecule has 2 aromatic rings. The molecule has 0 aliphatic rings. The van der Waals surface area contributed by atoms with E-state index in [2.05, 4.69) is 0 Å². The smallest absolute Gasteiger partial charge is 0.263 e. The van der Waals surface area contributed by atoms with Crippen LogP contribution in [-0.4, -0.2) is 31.1 Å². The van der Waals surface area contributed by atoms with E-state index in [-0.39, 0.29) is 5.91 Å². The summed E-state index contributed by atoms with van der Waals surface area (Å²) in [6, 6.07) is 15.5. The van der Waals surface area contributed by atoms with Crippen molar-refractivity contribution >= 4 is 5.91 Å². The SMILES string of the molecule is CC[C@H](Oc1cccc(C)c1)C(=O)N(C)Cc1ccccc1OC. The summed E-state index contributed by atoms with van der Waals surface area (Å²) in [6.45, 7) is 4.44. The first-order valence-electron chi connectivity index (χ1n) is 8.15. The van der Waals surface area contributed by atoms with Gasteiger partial charge in [-0.1, -0.05) is 37.3 Å². The lowest BCUT2D eigenvalue weighted by molar-refractivity contribution is -0.138. The van der Waals surface area contributed by atoms with E-state index >= 15 is 0 Å². The molecule has 2 aromatic carbocycles. The Morgan fingerprint density at radius 3 is 2.58 bits per heavy atom. The molecular weight excluding hydrogens is 302 g/mol. The van der Waals surface area contributed by atoms with Crippen molar-refractivity contribution in [1.82, 2.24) is 4.90 Å². The van der Waals surface area contributed by atoms with Gasteiger partial charge in [-0.3, -0.25) is 4.79 Å². The summed E-state index contributed by atoms with van der Waals surface area (Å²) in [5, 5.41) is 0. The molecule has 0 N–H and O–H groups in total. The molecule has 0 aromatic heterocycles. The van der Waals surface area contributed by atoms with Gasteiger partial charge in [0, 0.05) is 19.2 Å². The molecule has 0 heterocycles. The van der Waals surface area contributed by atoms with Crippen molar-refractivity contribution < 1.29 is 14.3 Å². The number of amides is 1. The number of carbonyl (C=O) groups is 1. The predicted octanol–water partition coefficient (Wildman–Crippen LogP) is 3.82. The summed E-state index contributed by atoms with van der Waals surface area (Å²) in [5.41, 5.74) is 2.08. The van der Waals surface area contributed by atoms with E-state index in [0.29, 0.717) is 13.0 Å². The van der Waals surface area contributed by atoms with Crippen LogP contribution in [0, 0.1) is 6.92 Å². The molecule has 128 valence electrons. The Balaban J connectivity index is 2.07. The third kappa shape index (κ3) is 4.51. The summed E-state index contributed by atoms with van der Waals surface area (Å²) >= 11 is 0. The Morgan fingerprint density at radius 2 is 1.92 bits per heavy atom. The monoisotopic (exact) mass is 327 g/mol. The molecule has 0 bridgehead atoms. The highest BCUT2D eigenvalue weighted by Gasteiger charge is 2.23. The second kappa shape index (κ2) is 8.39. The van der Waals surface area contributed by atoms with Crippen LogP contribution < -0.4 is 9.47 Å². The Morgan fingerprint density at radius 1 is 1.17 bits per heavy atom. The van der Waals surface area contributed by atoms with Gasteiger partial charge >= 0.3 is 0 Å². The highest BCUT2D eigenvalue weighted by atomic mass is 16.5. The van der Waals surface area contributed by atoms with Crippen molar-refractivity contribution in [2.75, 3.05) is 14.2 Å². The molecule has 4 heteroatoms. The fraction of sp³-hybridized carbons (Fsp3) is 0.350. The van der Waals surface area contributed by atoms with E-state index in [1.54, 1.807) is 19.1 Å². The van der Waals surface area contributed by atoms with Gasteiger partial charge in [0.1, 0.15) is 11.5 Å². The first-order chi connectivity index (χ1) is 11.5. The maximum Gasteiger partial charge on any atom is 0.263 e. The summed E-state index contributed by atoms with van der Waals surface area (Å²) in [6.07, 6.45) is 0.120. The summed E-state index contributed by atoms with van der Waals surface area (Å²) in [4.78, 5) is 14.4. The van der Waals surface area contributed by atoms with Crippen LogP contribution >= 0.6 is 0 Å². The van der Waals surface area contributed by atoms with Crippen molar-refractivity contribution in [2.45, 2.75) is 32.9 Å². The summed E-state index contributed by atoms with van der Waals surface area (Å²) in [5.74, 6) is 1.47. The first-order valence-corrected chi connectivity index (χ1v) is 8.15. The van der Waals surface area contributed by atoms with Crippen molar-refractivity contribution in [3.05, 3.63) is 59.7 Å². The second-order valence-electron chi connectivity index (χ2n) is 5.84. The third-order valence-electron chi connectivity index (χ3n) is 3.89. The molecule has 2 rings (SSSR count).